The predicted octanol–water partition coefficient (Wildman–Crippen LogP) is 3.82. The van der Waals surface area contributed by atoms with E-state index in [1.807, 2.05) is 72.4 Å². The van der Waals surface area contributed by atoms with Crippen LogP contribution in [0.5, 0.6) is 0 Å². The van der Waals surface area contributed by atoms with Crippen LogP contribution in [0.4, 0.5) is 11.4 Å². The number of benzene rings is 2. The van der Waals surface area contributed by atoms with Gasteiger partial charge < -0.3 is 10.6 Å². The second-order valence-corrected chi connectivity index (χ2v) is 8.25. The van der Waals surface area contributed by atoms with Crippen LogP contribution in [0.25, 0.3) is 0 Å². The Bertz CT molecular complexity index is 1230. The predicted molar refractivity (Wildman–Crippen MR) is 122 cm³/mol. The summed E-state index contributed by atoms with van der Waals surface area (Å²) in [6.45, 7) is 0. The number of para-hydroxylation sites is 1. The zero-order chi connectivity index (χ0) is 21.7. The molecular weight excluding hydrogens is 386 g/mol. The van der Waals surface area contributed by atoms with E-state index in [2.05, 4.69) is 11.1 Å². The molecular formula is C25H23N5O. The number of allylic oxidation sites excluding steroid dienone is 3. The van der Waals surface area contributed by atoms with E-state index in [0.29, 0.717) is 23.7 Å². The van der Waals surface area contributed by atoms with Crippen molar-refractivity contribution in [1.29, 1.82) is 5.26 Å². The van der Waals surface area contributed by atoms with Crippen molar-refractivity contribution in [2.24, 2.45) is 10.7 Å². The van der Waals surface area contributed by atoms with Crippen LogP contribution in [0.3, 0.4) is 0 Å². The van der Waals surface area contributed by atoms with Crippen molar-refractivity contribution in [2.45, 2.75) is 25.2 Å². The lowest BCUT2D eigenvalue weighted by atomic mass is 9.75. The summed E-state index contributed by atoms with van der Waals surface area (Å²) in [5.41, 5.74) is 12.1. The van der Waals surface area contributed by atoms with Crippen LogP contribution in [0.15, 0.2) is 76.2 Å². The minimum absolute atomic E-state index is 0.106. The first kappa shape index (κ1) is 19.1. The van der Waals surface area contributed by atoms with Crippen molar-refractivity contribution in [3.05, 3.63) is 82.3 Å². The molecule has 2 aromatic carbocycles. The second-order valence-electron chi connectivity index (χ2n) is 8.25. The third kappa shape index (κ3) is 2.85. The topological polar surface area (TPSA) is 85.7 Å². The van der Waals surface area contributed by atoms with Crippen LogP contribution in [0, 0.1) is 11.3 Å². The fourth-order valence-corrected chi connectivity index (χ4v) is 4.77. The maximum Gasteiger partial charge on any atom is 0.161 e. The summed E-state index contributed by atoms with van der Waals surface area (Å²) in [6.07, 6.45) is 2.05. The molecule has 2 N–H and O–H groups in total. The van der Waals surface area contributed by atoms with E-state index in [4.69, 9.17) is 5.73 Å². The van der Waals surface area contributed by atoms with Gasteiger partial charge in [-0.05, 0) is 42.7 Å². The summed E-state index contributed by atoms with van der Waals surface area (Å²) in [5.74, 6) is 0.600. The number of ketones is 1. The van der Waals surface area contributed by atoms with E-state index in [1.165, 1.54) is 0 Å². The molecule has 6 nitrogen and oxygen atoms in total. The van der Waals surface area contributed by atoms with Crippen molar-refractivity contribution in [3.63, 3.8) is 0 Å². The first-order valence-electron chi connectivity index (χ1n) is 10.4. The number of amidine groups is 1. The standard InChI is InChI=1S/C25H23N5O/c1-29(2)16-12-10-15(11-13-16)22-18(14-26)25-28-24(27)17-6-3-4-7-19(17)30(25)20-8-5-9-21(31)23(20)22/h3-4,6-7,10-13,22H,5,8-9H2,1-2H3,(H2,27,28). The fourth-order valence-electron chi connectivity index (χ4n) is 4.77. The molecule has 0 aromatic heterocycles. The van der Waals surface area contributed by atoms with Crippen LogP contribution in [0.1, 0.15) is 36.3 Å². The number of anilines is 2. The Labute approximate surface area is 181 Å². The second kappa shape index (κ2) is 7.13. The Hall–Kier alpha value is -3.85. The molecule has 0 saturated heterocycles. The van der Waals surface area contributed by atoms with E-state index in [0.717, 1.165) is 46.6 Å². The lowest BCUT2D eigenvalue weighted by molar-refractivity contribution is -0.116. The zero-order valence-electron chi connectivity index (χ0n) is 17.6. The number of rotatable bonds is 2. The molecule has 0 amide bonds. The molecule has 3 aliphatic rings. The van der Waals surface area contributed by atoms with Gasteiger partial charge in [0.2, 0.25) is 0 Å². The molecule has 0 bridgehead atoms. The molecule has 1 atom stereocenters. The first-order valence-corrected chi connectivity index (χ1v) is 10.4. The molecule has 0 saturated carbocycles. The molecule has 6 heteroatoms. The summed E-state index contributed by atoms with van der Waals surface area (Å²) in [4.78, 5) is 21.9. The van der Waals surface area contributed by atoms with Gasteiger partial charge in [0.05, 0.1) is 23.2 Å². The summed E-state index contributed by atoms with van der Waals surface area (Å²) >= 11 is 0. The summed E-state index contributed by atoms with van der Waals surface area (Å²) < 4.78 is 0. The summed E-state index contributed by atoms with van der Waals surface area (Å²) in [7, 11) is 3.97. The number of fused-ring (bicyclic) bond motifs is 4. The molecule has 2 aromatic rings. The van der Waals surface area contributed by atoms with E-state index in [9.17, 15) is 10.1 Å². The highest BCUT2D eigenvalue weighted by atomic mass is 16.1. The van der Waals surface area contributed by atoms with Gasteiger partial charge in [0.15, 0.2) is 11.6 Å². The molecule has 0 fully saturated rings. The number of nitrogens with two attached hydrogens (primary N) is 1. The number of aliphatic imine (C=N–C) groups is 1. The minimum Gasteiger partial charge on any atom is -0.383 e. The smallest absolute Gasteiger partial charge is 0.161 e. The van der Waals surface area contributed by atoms with Gasteiger partial charge in [-0.15, -0.1) is 0 Å². The molecule has 31 heavy (non-hydrogen) atoms. The first-order chi connectivity index (χ1) is 15.0. The zero-order valence-corrected chi connectivity index (χ0v) is 17.6. The van der Waals surface area contributed by atoms with E-state index in [-0.39, 0.29) is 5.78 Å². The maximum absolute atomic E-state index is 13.2. The third-order valence-corrected chi connectivity index (χ3v) is 6.24. The van der Waals surface area contributed by atoms with Crippen molar-refractivity contribution < 1.29 is 4.79 Å². The van der Waals surface area contributed by atoms with Gasteiger partial charge in [-0.25, -0.2) is 4.99 Å². The van der Waals surface area contributed by atoms with Gasteiger partial charge in [-0.1, -0.05) is 24.3 Å². The number of nitriles is 1. The van der Waals surface area contributed by atoms with Crippen LogP contribution in [-0.2, 0) is 4.79 Å². The molecule has 0 spiro atoms. The highest BCUT2D eigenvalue weighted by Gasteiger charge is 2.42. The number of carbonyl (C=O) groups is 1. The van der Waals surface area contributed by atoms with Crippen LogP contribution in [-0.4, -0.2) is 25.7 Å². The maximum atomic E-state index is 13.2. The summed E-state index contributed by atoms with van der Waals surface area (Å²) in [5, 5.41) is 10.2. The number of nitrogens with zero attached hydrogens (tertiary/aromatic N) is 4. The lowest BCUT2D eigenvalue weighted by Crippen LogP contribution is -2.39. The normalized spacial score (nSPS) is 19.9. The van der Waals surface area contributed by atoms with E-state index < -0.39 is 5.92 Å². The number of hydrogen-bond donors (Lipinski definition) is 1. The lowest BCUT2D eigenvalue weighted by Gasteiger charge is -2.41. The van der Waals surface area contributed by atoms with Gasteiger partial charge in [0, 0.05) is 43.0 Å². The van der Waals surface area contributed by atoms with Crippen molar-refractivity contribution in [2.75, 3.05) is 23.9 Å². The molecule has 2 aliphatic heterocycles. The summed E-state index contributed by atoms with van der Waals surface area (Å²) in [6, 6.07) is 18.2. The van der Waals surface area contributed by atoms with Crippen LogP contribution < -0.4 is 15.5 Å². The SMILES string of the molecule is CN(C)c1ccc(C2C(C#N)=C3N=C(N)c4ccccc4N3C3=C2C(=O)CCC3)cc1. The Kier molecular flexibility index (Phi) is 4.40. The number of Topliss-reactive ketones (excluding diaryl/α,β-unsaturated/α-hetero) is 1. The van der Waals surface area contributed by atoms with Gasteiger partial charge in [0.1, 0.15) is 5.84 Å². The van der Waals surface area contributed by atoms with Gasteiger partial charge in [0.25, 0.3) is 0 Å². The molecule has 0 radical (unpaired) electrons. The molecule has 1 unspecified atom stereocenters. The molecule has 2 heterocycles. The molecule has 1 aliphatic carbocycles. The number of carbonyl (C=O) groups excluding carboxylic acids is 1. The fraction of sp³-hybridized carbons (Fsp3) is 0.240. The highest BCUT2D eigenvalue weighted by Crippen LogP contribution is 2.49. The van der Waals surface area contributed by atoms with Crippen molar-refractivity contribution in [3.8, 4) is 6.07 Å². The van der Waals surface area contributed by atoms with Crippen LogP contribution in [0.2, 0.25) is 0 Å². The highest BCUT2D eigenvalue weighted by molar-refractivity contribution is 6.08. The van der Waals surface area contributed by atoms with Crippen LogP contribution >= 0.6 is 0 Å². The average Bonchev–Trinajstić information content (AvgIpc) is 2.78. The Morgan fingerprint density at radius 2 is 1.87 bits per heavy atom. The monoisotopic (exact) mass is 409 g/mol. The molecule has 154 valence electrons. The van der Waals surface area contributed by atoms with Gasteiger partial charge >= 0.3 is 0 Å². The quantitative estimate of drug-likeness (QED) is 0.815. The Balaban J connectivity index is 1.78. The largest absolute Gasteiger partial charge is 0.383 e. The average molecular weight is 409 g/mol. The van der Waals surface area contributed by atoms with Crippen molar-refractivity contribution >= 4 is 23.0 Å². The van der Waals surface area contributed by atoms with E-state index in [1.54, 1.807) is 0 Å². The van der Waals surface area contributed by atoms with Gasteiger partial charge in [-0.3, -0.25) is 9.69 Å². The Morgan fingerprint density at radius 1 is 1.13 bits per heavy atom. The Morgan fingerprint density at radius 3 is 2.58 bits per heavy atom. The third-order valence-electron chi connectivity index (χ3n) is 6.24. The minimum atomic E-state index is -0.433. The number of hydrogen-bond acceptors (Lipinski definition) is 6. The van der Waals surface area contributed by atoms with E-state index >= 15 is 0 Å². The van der Waals surface area contributed by atoms with Crippen molar-refractivity contribution in [1.82, 2.24) is 0 Å². The van der Waals surface area contributed by atoms with Gasteiger partial charge in [-0.2, -0.15) is 5.26 Å². The molecule has 5 rings (SSSR count).